The number of carboxylic acids is 1. The minimum atomic E-state index is -0.947. The molecule has 1 fully saturated rings. The maximum atomic E-state index is 12.7. The third-order valence-electron chi connectivity index (χ3n) is 5.96. The van der Waals surface area contributed by atoms with Crippen molar-refractivity contribution in [1.82, 2.24) is 14.7 Å². The van der Waals surface area contributed by atoms with Crippen LogP contribution < -0.4 is 0 Å². The maximum absolute atomic E-state index is 12.7. The smallest absolute Gasteiger partial charge is 0.339 e. The van der Waals surface area contributed by atoms with Crippen LogP contribution in [0.3, 0.4) is 0 Å². The molecule has 0 aliphatic carbocycles. The van der Waals surface area contributed by atoms with Crippen molar-refractivity contribution < 1.29 is 14.7 Å². The molecule has 1 amide bonds. The molecular formula is C22H29N3O3. The average Bonchev–Trinajstić information content (AvgIpc) is 3.08. The Balaban J connectivity index is 1.53. The average molecular weight is 383 g/mol. The SMILES string of the molecule is Cc1c(C(=O)O)cnn1C1CCN(C(=O)CCC(C)(C)c2ccccc2)CC1. The van der Waals surface area contributed by atoms with Gasteiger partial charge >= 0.3 is 5.97 Å². The quantitative estimate of drug-likeness (QED) is 0.823. The lowest BCUT2D eigenvalue weighted by molar-refractivity contribution is -0.132. The second-order valence-electron chi connectivity index (χ2n) is 8.26. The molecular weight excluding hydrogens is 354 g/mol. The molecule has 0 bridgehead atoms. The van der Waals surface area contributed by atoms with E-state index in [-0.39, 0.29) is 22.9 Å². The number of hydrogen-bond donors (Lipinski definition) is 1. The Labute approximate surface area is 166 Å². The summed E-state index contributed by atoms with van der Waals surface area (Å²) in [5.41, 5.74) is 2.16. The number of piperidine rings is 1. The van der Waals surface area contributed by atoms with Gasteiger partial charge in [-0.1, -0.05) is 44.2 Å². The van der Waals surface area contributed by atoms with E-state index in [4.69, 9.17) is 0 Å². The van der Waals surface area contributed by atoms with E-state index in [9.17, 15) is 14.7 Å². The zero-order valence-corrected chi connectivity index (χ0v) is 16.9. The highest BCUT2D eigenvalue weighted by Gasteiger charge is 2.28. The lowest BCUT2D eigenvalue weighted by atomic mass is 9.80. The number of rotatable bonds is 6. The van der Waals surface area contributed by atoms with Gasteiger partial charge in [-0.2, -0.15) is 5.10 Å². The summed E-state index contributed by atoms with van der Waals surface area (Å²) in [5, 5.41) is 13.5. The van der Waals surface area contributed by atoms with Crippen molar-refractivity contribution in [3.8, 4) is 0 Å². The summed E-state index contributed by atoms with van der Waals surface area (Å²) in [7, 11) is 0. The zero-order chi connectivity index (χ0) is 20.3. The highest BCUT2D eigenvalue weighted by Crippen LogP contribution is 2.30. The molecule has 0 radical (unpaired) electrons. The van der Waals surface area contributed by atoms with Crippen molar-refractivity contribution in [3.63, 3.8) is 0 Å². The Bertz CT molecular complexity index is 834. The van der Waals surface area contributed by atoms with E-state index in [1.807, 2.05) is 27.8 Å². The van der Waals surface area contributed by atoms with Crippen LogP contribution in [0, 0.1) is 6.92 Å². The second-order valence-corrected chi connectivity index (χ2v) is 8.26. The van der Waals surface area contributed by atoms with Gasteiger partial charge in [-0.15, -0.1) is 0 Å². The standard InChI is InChI=1S/C22H29N3O3/c1-16-19(21(27)28)15-23-25(16)18-10-13-24(14-11-18)20(26)9-12-22(2,3)17-7-5-4-6-8-17/h4-8,15,18H,9-14H2,1-3H3,(H,27,28). The van der Waals surface area contributed by atoms with Gasteiger partial charge in [0.15, 0.2) is 0 Å². The minimum absolute atomic E-state index is 0.0331. The van der Waals surface area contributed by atoms with Gasteiger partial charge in [-0.3, -0.25) is 9.48 Å². The highest BCUT2D eigenvalue weighted by atomic mass is 16.4. The lowest BCUT2D eigenvalue weighted by Gasteiger charge is -2.33. The molecule has 1 saturated heterocycles. The van der Waals surface area contributed by atoms with E-state index in [0.29, 0.717) is 25.2 Å². The van der Waals surface area contributed by atoms with Gasteiger partial charge in [0.05, 0.1) is 17.9 Å². The molecule has 1 N–H and O–H groups in total. The molecule has 1 aliphatic heterocycles. The lowest BCUT2D eigenvalue weighted by Crippen LogP contribution is -2.39. The summed E-state index contributed by atoms with van der Waals surface area (Å²) >= 11 is 0. The van der Waals surface area contributed by atoms with Gasteiger partial charge in [0.25, 0.3) is 0 Å². The number of benzene rings is 1. The van der Waals surface area contributed by atoms with Gasteiger partial charge in [-0.25, -0.2) is 4.79 Å². The van der Waals surface area contributed by atoms with Crippen LogP contribution in [-0.2, 0) is 10.2 Å². The molecule has 150 valence electrons. The van der Waals surface area contributed by atoms with E-state index < -0.39 is 5.97 Å². The van der Waals surface area contributed by atoms with Crippen LogP contribution in [-0.4, -0.2) is 44.8 Å². The van der Waals surface area contributed by atoms with Crippen LogP contribution in [0.5, 0.6) is 0 Å². The van der Waals surface area contributed by atoms with E-state index in [2.05, 4.69) is 31.1 Å². The van der Waals surface area contributed by atoms with E-state index in [1.165, 1.54) is 11.8 Å². The summed E-state index contributed by atoms with van der Waals surface area (Å²) in [5.74, 6) is -0.747. The zero-order valence-electron chi connectivity index (χ0n) is 16.9. The topological polar surface area (TPSA) is 75.4 Å². The second kappa shape index (κ2) is 8.17. The third kappa shape index (κ3) is 4.26. The Kier molecular flexibility index (Phi) is 5.87. The van der Waals surface area contributed by atoms with Crippen LogP contribution in [0.4, 0.5) is 0 Å². The molecule has 1 aromatic carbocycles. The van der Waals surface area contributed by atoms with E-state index in [0.717, 1.165) is 19.3 Å². The van der Waals surface area contributed by atoms with Gasteiger partial charge in [0.1, 0.15) is 5.56 Å². The molecule has 0 unspecified atom stereocenters. The van der Waals surface area contributed by atoms with Crippen LogP contribution >= 0.6 is 0 Å². The van der Waals surface area contributed by atoms with Gasteiger partial charge in [0, 0.05) is 19.5 Å². The first-order valence-electron chi connectivity index (χ1n) is 9.90. The number of carboxylic acid groups (broad SMARTS) is 1. The Morgan fingerprint density at radius 1 is 1.18 bits per heavy atom. The number of carbonyl (C=O) groups is 2. The van der Waals surface area contributed by atoms with Crippen molar-refractivity contribution in [3.05, 3.63) is 53.3 Å². The minimum Gasteiger partial charge on any atom is -0.478 e. The van der Waals surface area contributed by atoms with Gasteiger partial charge < -0.3 is 10.0 Å². The fourth-order valence-electron chi connectivity index (χ4n) is 3.97. The van der Waals surface area contributed by atoms with Gasteiger partial charge in [0.2, 0.25) is 5.91 Å². The number of amides is 1. The number of carbonyl (C=O) groups excluding carboxylic acids is 1. The highest BCUT2D eigenvalue weighted by molar-refractivity contribution is 5.88. The van der Waals surface area contributed by atoms with Crippen LogP contribution in [0.15, 0.2) is 36.5 Å². The molecule has 1 aliphatic rings. The summed E-state index contributed by atoms with van der Waals surface area (Å²) < 4.78 is 1.81. The van der Waals surface area contributed by atoms with Crippen molar-refractivity contribution in [2.75, 3.05) is 13.1 Å². The molecule has 2 aromatic rings. The molecule has 3 rings (SSSR count). The van der Waals surface area contributed by atoms with E-state index in [1.54, 1.807) is 6.92 Å². The first kappa shape index (κ1) is 20.1. The number of nitrogens with zero attached hydrogens (tertiary/aromatic N) is 3. The Hall–Kier alpha value is -2.63. The monoisotopic (exact) mass is 383 g/mol. The fourth-order valence-corrected chi connectivity index (χ4v) is 3.97. The first-order chi connectivity index (χ1) is 13.3. The normalized spacial score (nSPS) is 15.6. The van der Waals surface area contributed by atoms with Crippen molar-refractivity contribution in [1.29, 1.82) is 0 Å². The fraction of sp³-hybridized carbons (Fsp3) is 0.500. The molecule has 1 aromatic heterocycles. The Morgan fingerprint density at radius 2 is 1.82 bits per heavy atom. The molecule has 0 spiro atoms. The maximum Gasteiger partial charge on any atom is 0.339 e. The first-order valence-corrected chi connectivity index (χ1v) is 9.90. The number of hydrogen-bond acceptors (Lipinski definition) is 3. The molecule has 0 saturated carbocycles. The number of aromatic carboxylic acids is 1. The van der Waals surface area contributed by atoms with E-state index >= 15 is 0 Å². The van der Waals surface area contributed by atoms with Crippen molar-refractivity contribution in [2.45, 2.75) is 57.9 Å². The molecule has 6 nitrogen and oxygen atoms in total. The summed E-state index contributed by atoms with van der Waals surface area (Å²) in [6, 6.07) is 10.5. The number of likely N-dealkylation sites (tertiary alicyclic amines) is 1. The molecule has 6 heteroatoms. The summed E-state index contributed by atoms with van der Waals surface area (Å²) in [4.78, 5) is 25.9. The largest absolute Gasteiger partial charge is 0.478 e. The number of aromatic nitrogens is 2. The molecule has 2 heterocycles. The van der Waals surface area contributed by atoms with Crippen molar-refractivity contribution >= 4 is 11.9 Å². The predicted molar refractivity (Wildman–Crippen MR) is 107 cm³/mol. The Morgan fingerprint density at radius 3 is 2.39 bits per heavy atom. The van der Waals surface area contributed by atoms with Crippen LogP contribution in [0.1, 0.15) is 67.2 Å². The molecule has 0 atom stereocenters. The summed E-state index contributed by atoms with van der Waals surface area (Å²) in [6.45, 7) is 7.54. The van der Waals surface area contributed by atoms with Gasteiger partial charge in [-0.05, 0) is 37.2 Å². The third-order valence-corrected chi connectivity index (χ3v) is 5.96. The molecule has 28 heavy (non-hydrogen) atoms. The van der Waals surface area contributed by atoms with Crippen molar-refractivity contribution in [2.24, 2.45) is 0 Å². The van der Waals surface area contributed by atoms with Crippen LogP contribution in [0.25, 0.3) is 0 Å². The summed E-state index contributed by atoms with van der Waals surface area (Å²) in [6.07, 6.45) is 4.37. The van der Waals surface area contributed by atoms with Crippen LogP contribution in [0.2, 0.25) is 0 Å². The predicted octanol–water partition coefficient (Wildman–Crippen LogP) is 3.81.